The van der Waals surface area contributed by atoms with E-state index >= 15 is 0 Å². The Balaban J connectivity index is 1.52. The zero-order valence-corrected chi connectivity index (χ0v) is 10.4. The lowest BCUT2D eigenvalue weighted by Gasteiger charge is -2.46. The molecule has 3 fully saturated rings. The highest BCUT2D eigenvalue weighted by molar-refractivity contribution is 4.92. The fourth-order valence-electron chi connectivity index (χ4n) is 3.12. The molecule has 2 heterocycles. The van der Waals surface area contributed by atoms with E-state index in [0.29, 0.717) is 0 Å². The van der Waals surface area contributed by atoms with E-state index in [1.54, 1.807) is 0 Å². The Morgan fingerprint density at radius 3 is 2.50 bits per heavy atom. The van der Waals surface area contributed by atoms with Gasteiger partial charge in [0.2, 0.25) is 0 Å². The molecule has 3 aliphatic rings. The third kappa shape index (κ3) is 2.13. The topological polar surface area (TPSA) is 24.5 Å². The van der Waals surface area contributed by atoms with Crippen molar-refractivity contribution in [2.45, 2.75) is 38.3 Å². The van der Waals surface area contributed by atoms with Gasteiger partial charge in [0, 0.05) is 32.5 Å². The highest BCUT2D eigenvalue weighted by Gasteiger charge is 2.42. The summed E-state index contributed by atoms with van der Waals surface area (Å²) in [5.41, 5.74) is 0.0388. The molecule has 2 aliphatic heterocycles. The molecule has 16 heavy (non-hydrogen) atoms. The predicted molar refractivity (Wildman–Crippen MR) is 64.2 cm³/mol. The SMILES string of the molecule is CCN1CCC2(CC1)NCC(C1CC1)CO2. The van der Waals surface area contributed by atoms with Crippen molar-refractivity contribution in [3.05, 3.63) is 0 Å². The molecule has 1 atom stereocenters. The molecule has 1 N–H and O–H groups in total. The lowest BCUT2D eigenvalue weighted by molar-refractivity contribution is -0.145. The molecule has 2 saturated heterocycles. The molecule has 1 unspecified atom stereocenters. The van der Waals surface area contributed by atoms with Gasteiger partial charge in [-0.3, -0.25) is 5.32 Å². The number of nitrogens with one attached hydrogen (secondary N) is 1. The van der Waals surface area contributed by atoms with Crippen LogP contribution in [0.25, 0.3) is 0 Å². The molecule has 0 radical (unpaired) electrons. The van der Waals surface area contributed by atoms with Crippen LogP contribution in [0.15, 0.2) is 0 Å². The molecular weight excluding hydrogens is 200 g/mol. The van der Waals surface area contributed by atoms with E-state index in [1.807, 2.05) is 0 Å². The number of rotatable bonds is 2. The highest BCUT2D eigenvalue weighted by atomic mass is 16.5. The van der Waals surface area contributed by atoms with Gasteiger partial charge in [-0.2, -0.15) is 0 Å². The second-order valence-electron chi connectivity index (χ2n) is 5.72. The zero-order valence-electron chi connectivity index (χ0n) is 10.4. The molecule has 92 valence electrons. The molecular formula is C13H24N2O. The Hall–Kier alpha value is -0.120. The Bertz CT molecular complexity index is 234. The van der Waals surface area contributed by atoms with Gasteiger partial charge in [-0.1, -0.05) is 6.92 Å². The number of piperidine rings is 1. The minimum Gasteiger partial charge on any atom is -0.360 e. The Morgan fingerprint density at radius 2 is 2.00 bits per heavy atom. The standard InChI is InChI=1S/C13H24N2O/c1-2-15-7-5-13(6-8-15)14-9-12(10-16-13)11-3-4-11/h11-12,14H,2-10H2,1H3. The van der Waals surface area contributed by atoms with Crippen molar-refractivity contribution in [1.29, 1.82) is 0 Å². The highest BCUT2D eigenvalue weighted by Crippen LogP contribution is 2.39. The van der Waals surface area contributed by atoms with E-state index in [1.165, 1.54) is 39.0 Å². The van der Waals surface area contributed by atoms with E-state index in [9.17, 15) is 0 Å². The summed E-state index contributed by atoms with van der Waals surface area (Å²) in [7, 11) is 0. The van der Waals surface area contributed by atoms with Gasteiger partial charge in [-0.15, -0.1) is 0 Å². The first kappa shape index (κ1) is 11.0. The van der Waals surface area contributed by atoms with Gasteiger partial charge in [-0.25, -0.2) is 0 Å². The molecule has 1 saturated carbocycles. The molecule has 0 aromatic heterocycles. The third-order valence-electron chi connectivity index (χ3n) is 4.66. The number of nitrogens with zero attached hydrogens (tertiary/aromatic N) is 1. The van der Waals surface area contributed by atoms with Crippen LogP contribution >= 0.6 is 0 Å². The van der Waals surface area contributed by atoms with Gasteiger partial charge < -0.3 is 9.64 Å². The fraction of sp³-hybridized carbons (Fsp3) is 1.00. The molecule has 0 bridgehead atoms. The molecule has 3 rings (SSSR count). The third-order valence-corrected chi connectivity index (χ3v) is 4.66. The lowest BCUT2D eigenvalue weighted by atomic mass is 9.95. The van der Waals surface area contributed by atoms with Crippen LogP contribution in [0.4, 0.5) is 0 Å². The zero-order chi connectivity index (χ0) is 11.0. The van der Waals surface area contributed by atoms with Gasteiger partial charge in [0.15, 0.2) is 0 Å². The predicted octanol–water partition coefficient (Wildman–Crippen LogP) is 1.44. The second-order valence-corrected chi connectivity index (χ2v) is 5.72. The van der Waals surface area contributed by atoms with Crippen molar-refractivity contribution in [3.8, 4) is 0 Å². The summed E-state index contributed by atoms with van der Waals surface area (Å²) in [5.74, 6) is 1.77. The maximum absolute atomic E-state index is 6.18. The van der Waals surface area contributed by atoms with Crippen molar-refractivity contribution in [2.75, 3.05) is 32.8 Å². The maximum Gasteiger partial charge on any atom is 0.121 e. The summed E-state index contributed by atoms with van der Waals surface area (Å²) >= 11 is 0. The number of likely N-dealkylation sites (tertiary alicyclic amines) is 1. The second kappa shape index (κ2) is 4.28. The first-order valence-electron chi connectivity index (χ1n) is 6.93. The number of ether oxygens (including phenoxy) is 1. The van der Waals surface area contributed by atoms with Crippen LogP contribution < -0.4 is 5.32 Å². The lowest BCUT2D eigenvalue weighted by Crippen LogP contribution is -2.60. The van der Waals surface area contributed by atoms with E-state index in [-0.39, 0.29) is 5.72 Å². The molecule has 0 aromatic carbocycles. The smallest absolute Gasteiger partial charge is 0.121 e. The molecule has 0 amide bonds. The van der Waals surface area contributed by atoms with Crippen LogP contribution in [0.5, 0.6) is 0 Å². The van der Waals surface area contributed by atoms with Crippen molar-refractivity contribution in [2.24, 2.45) is 11.8 Å². The molecule has 3 heteroatoms. The van der Waals surface area contributed by atoms with Crippen LogP contribution in [-0.4, -0.2) is 43.4 Å². The average Bonchev–Trinajstić information content (AvgIpc) is 3.15. The molecule has 1 spiro atoms. The van der Waals surface area contributed by atoms with Crippen LogP contribution in [0.1, 0.15) is 32.6 Å². The Kier molecular flexibility index (Phi) is 2.94. The van der Waals surface area contributed by atoms with Gasteiger partial charge in [0.25, 0.3) is 0 Å². The van der Waals surface area contributed by atoms with Gasteiger partial charge >= 0.3 is 0 Å². The average molecular weight is 224 g/mol. The first-order chi connectivity index (χ1) is 7.81. The van der Waals surface area contributed by atoms with E-state index < -0.39 is 0 Å². The monoisotopic (exact) mass is 224 g/mol. The first-order valence-corrected chi connectivity index (χ1v) is 6.93. The van der Waals surface area contributed by atoms with Crippen molar-refractivity contribution >= 4 is 0 Å². The van der Waals surface area contributed by atoms with Crippen molar-refractivity contribution in [3.63, 3.8) is 0 Å². The Morgan fingerprint density at radius 1 is 1.25 bits per heavy atom. The number of hydrogen-bond donors (Lipinski definition) is 1. The summed E-state index contributed by atoms with van der Waals surface area (Å²) in [4.78, 5) is 2.52. The van der Waals surface area contributed by atoms with Gasteiger partial charge in [-0.05, 0) is 31.2 Å². The van der Waals surface area contributed by atoms with Gasteiger partial charge in [0.05, 0.1) is 6.61 Å². The van der Waals surface area contributed by atoms with Gasteiger partial charge in [0.1, 0.15) is 5.72 Å². The minimum absolute atomic E-state index is 0.0388. The van der Waals surface area contributed by atoms with Crippen LogP contribution in [-0.2, 0) is 4.74 Å². The summed E-state index contributed by atoms with van der Waals surface area (Å²) in [6.45, 7) is 8.01. The summed E-state index contributed by atoms with van der Waals surface area (Å²) in [5, 5.41) is 3.70. The molecule has 3 nitrogen and oxygen atoms in total. The van der Waals surface area contributed by atoms with E-state index in [0.717, 1.165) is 31.3 Å². The maximum atomic E-state index is 6.18. The van der Waals surface area contributed by atoms with Crippen LogP contribution in [0, 0.1) is 11.8 Å². The van der Waals surface area contributed by atoms with E-state index in [2.05, 4.69) is 17.1 Å². The Labute approximate surface area is 98.5 Å². The van der Waals surface area contributed by atoms with Crippen LogP contribution in [0.3, 0.4) is 0 Å². The number of hydrogen-bond acceptors (Lipinski definition) is 3. The van der Waals surface area contributed by atoms with E-state index in [4.69, 9.17) is 4.74 Å². The normalized spacial score (nSPS) is 35.4. The quantitative estimate of drug-likeness (QED) is 0.768. The molecule has 0 aromatic rings. The fourth-order valence-corrected chi connectivity index (χ4v) is 3.12. The summed E-state index contributed by atoms with van der Waals surface area (Å²) < 4.78 is 6.18. The summed E-state index contributed by atoms with van der Waals surface area (Å²) in [6, 6.07) is 0. The summed E-state index contributed by atoms with van der Waals surface area (Å²) in [6.07, 6.45) is 5.20. The minimum atomic E-state index is 0.0388. The molecule has 1 aliphatic carbocycles. The van der Waals surface area contributed by atoms with Crippen LogP contribution in [0.2, 0.25) is 0 Å². The van der Waals surface area contributed by atoms with Crippen molar-refractivity contribution < 1.29 is 4.74 Å². The van der Waals surface area contributed by atoms with Crippen molar-refractivity contribution in [1.82, 2.24) is 10.2 Å². The largest absolute Gasteiger partial charge is 0.360 e.